The monoisotopic (exact) mass is 290 g/mol. The first-order chi connectivity index (χ1) is 8.40. The van der Waals surface area contributed by atoms with E-state index in [4.69, 9.17) is 33.7 Å². The molecule has 0 aliphatic carbocycles. The van der Waals surface area contributed by atoms with Crippen LogP contribution in [0.1, 0.15) is 13.8 Å². The number of amides is 1. The summed E-state index contributed by atoms with van der Waals surface area (Å²) in [5.41, 5.74) is 6.36. The maximum absolute atomic E-state index is 11.6. The zero-order valence-electron chi connectivity index (χ0n) is 10.3. The van der Waals surface area contributed by atoms with Gasteiger partial charge in [0.15, 0.2) is 0 Å². The molecule has 100 valence electrons. The fourth-order valence-electron chi connectivity index (χ4n) is 1.27. The summed E-state index contributed by atoms with van der Waals surface area (Å²) in [7, 11) is 0. The number of rotatable bonds is 5. The van der Waals surface area contributed by atoms with Crippen LogP contribution in [0, 0.1) is 5.92 Å². The van der Waals surface area contributed by atoms with Gasteiger partial charge < -0.3 is 15.8 Å². The van der Waals surface area contributed by atoms with E-state index in [0.29, 0.717) is 33.9 Å². The Morgan fingerprint density at radius 2 is 1.94 bits per heavy atom. The van der Waals surface area contributed by atoms with Gasteiger partial charge >= 0.3 is 0 Å². The second kappa shape index (κ2) is 6.83. The molecule has 1 amide bonds. The van der Waals surface area contributed by atoms with E-state index < -0.39 is 0 Å². The summed E-state index contributed by atoms with van der Waals surface area (Å²) in [6.45, 7) is 4.50. The number of carbonyl (C=O) groups is 1. The zero-order chi connectivity index (χ0) is 13.7. The van der Waals surface area contributed by atoms with Crippen molar-refractivity contribution in [3.63, 3.8) is 0 Å². The second-order valence-electron chi connectivity index (χ2n) is 4.32. The van der Waals surface area contributed by atoms with Crippen LogP contribution in [0.25, 0.3) is 0 Å². The molecule has 1 rings (SSSR count). The van der Waals surface area contributed by atoms with Gasteiger partial charge in [-0.15, -0.1) is 0 Å². The molecule has 3 N–H and O–H groups in total. The van der Waals surface area contributed by atoms with Crippen molar-refractivity contribution in [2.45, 2.75) is 13.8 Å². The summed E-state index contributed by atoms with van der Waals surface area (Å²) >= 11 is 11.9. The van der Waals surface area contributed by atoms with Crippen molar-refractivity contribution < 1.29 is 9.53 Å². The van der Waals surface area contributed by atoms with Crippen LogP contribution < -0.4 is 11.1 Å². The van der Waals surface area contributed by atoms with E-state index in [1.165, 1.54) is 12.1 Å². The number of carbonyl (C=O) groups excluding carboxylic acids is 1. The van der Waals surface area contributed by atoms with Gasteiger partial charge in [0.2, 0.25) is 5.91 Å². The van der Waals surface area contributed by atoms with Gasteiger partial charge in [0.05, 0.1) is 15.7 Å². The van der Waals surface area contributed by atoms with Gasteiger partial charge in [-0.3, -0.25) is 4.79 Å². The van der Waals surface area contributed by atoms with E-state index in [-0.39, 0.29) is 12.5 Å². The summed E-state index contributed by atoms with van der Waals surface area (Å²) in [4.78, 5) is 11.6. The minimum absolute atomic E-state index is 0.0325. The highest BCUT2D eigenvalue weighted by Gasteiger charge is 2.11. The molecule has 0 spiro atoms. The number of benzene rings is 1. The highest BCUT2D eigenvalue weighted by molar-refractivity contribution is 6.40. The van der Waals surface area contributed by atoms with Crippen LogP contribution in [0.5, 0.6) is 0 Å². The third kappa shape index (κ3) is 4.72. The van der Waals surface area contributed by atoms with Gasteiger partial charge in [-0.2, -0.15) is 0 Å². The van der Waals surface area contributed by atoms with Gasteiger partial charge in [0.1, 0.15) is 6.61 Å². The maximum Gasteiger partial charge on any atom is 0.250 e. The molecule has 0 aromatic heterocycles. The van der Waals surface area contributed by atoms with E-state index in [2.05, 4.69) is 5.32 Å². The number of anilines is 2. The van der Waals surface area contributed by atoms with Crippen molar-refractivity contribution in [2.24, 2.45) is 5.92 Å². The minimum atomic E-state index is -0.302. The first kappa shape index (κ1) is 15.1. The number of nitrogens with one attached hydrogen (secondary N) is 1. The van der Waals surface area contributed by atoms with Crippen LogP contribution in [0.2, 0.25) is 10.0 Å². The fourth-order valence-corrected chi connectivity index (χ4v) is 1.87. The molecule has 0 unspecified atom stereocenters. The lowest BCUT2D eigenvalue weighted by Crippen LogP contribution is -2.20. The van der Waals surface area contributed by atoms with Crippen molar-refractivity contribution in [1.82, 2.24) is 0 Å². The highest BCUT2D eigenvalue weighted by atomic mass is 35.5. The molecule has 0 atom stereocenters. The number of hydrogen-bond donors (Lipinski definition) is 2. The minimum Gasteiger partial charge on any atom is -0.399 e. The lowest BCUT2D eigenvalue weighted by Gasteiger charge is -2.11. The van der Waals surface area contributed by atoms with Crippen LogP contribution in [0.3, 0.4) is 0 Å². The van der Waals surface area contributed by atoms with Crippen LogP contribution in [-0.2, 0) is 9.53 Å². The Morgan fingerprint density at radius 3 is 2.44 bits per heavy atom. The largest absolute Gasteiger partial charge is 0.399 e. The topological polar surface area (TPSA) is 64.3 Å². The Morgan fingerprint density at radius 1 is 1.39 bits per heavy atom. The first-order valence-electron chi connectivity index (χ1n) is 5.52. The van der Waals surface area contributed by atoms with E-state index in [9.17, 15) is 4.79 Å². The first-order valence-corrected chi connectivity index (χ1v) is 6.28. The molecule has 0 fully saturated rings. The highest BCUT2D eigenvalue weighted by Crippen LogP contribution is 2.32. The Balaban J connectivity index is 2.59. The molecule has 0 saturated carbocycles. The van der Waals surface area contributed by atoms with Crippen molar-refractivity contribution in [3.8, 4) is 0 Å². The average molecular weight is 291 g/mol. The molecular weight excluding hydrogens is 275 g/mol. The fraction of sp³-hybridized carbons (Fsp3) is 0.417. The molecule has 0 radical (unpaired) electrons. The molecule has 6 heteroatoms. The molecule has 4 nitrogen and oxygen atoms in total. The number of hydrogen-bond acceptors (Lipinski definition) is 3. The third-order valence-corrected chi connectivity index (χ3v) is 2.61. The van der Waals surface area contributed by atoms with Gasteiger partial charge in [0, 0.05) is 12.3 Å². The van der Waals surface area contributed by atoms with Crippen molar-refractivity contribution in [3.05, 3.63) is 22.2 Å². The van der Waals surface area contributed by atoms with Gasteiger partial charge in [0.25, 0.3) is 0 Å². The molecule has 18 heavy (non-hydrogen) atoms. The number of nitrogen functional groups attached to an aromatic ring is 1. The average Bonchev–Trinajstić information content (AvgIpc) is 2.22. The summed E-state index contributed by atoms with van der Waals surface area (Å²) in [6.07, 6.45) is 0. The lowest BCUT2D eigenvalue weighted by molar-refractivity contribution is -0.120. The predicted octanol–water partition coefficient (Wildman–Crippen LogP) is 3.19. The summed E-state index contributed by atoms with van der Waals surface area (Å²) in [6, 6.07) is 3.05. The van der Waals surface area contributed by atoms with Crippen molar-refractivity contribution in [2.75, 3.05) is 24.3 Å². The Hall–Kier alpha value is -0.970. The maximum atomic E-state index is 11.6. The lowest BCUT2D eigenvalue weighted by atomic mass is 10.2. The summed E-state index contributed by atoms with van der Waals surface area (Å²) in [5, 5.41) is 3.20. The quantitative estimate of drug-likeness (QED) is 0.819. The standard InChI is InChI=1S/C12H16Cl2N2O2/c1-7(2)5-18-6-11(17)16-12-9(13)3-8(15)4-10(12)14/h3-4,7H,5-6,15H2,1-2H3,(H,16,17). The molecular formula is C12H16Cl2N2O2. The van der Waals surface area contributed by atoms with E-state index in [1.807, 2.05) is 13.8 Å². The van der Waals surface area contributed by atoms with Gasteiger partial charge in [-0.05, 0) is 18.1 Å². The van der Waals surface area contributed by atoms with Crippen molar-refractivity contribution >= 4 is 40.5 Å². The number of ether oxygens (including phenoxy) is 1. The van der Waals surface area contributed by atoms with Crippen LogP contribution >= 0.6 is 23.2 Å². The Bertz CT molecular complexity index is 413. The Labute approximate surface area is 116 Å². The molecule has 1 aromatic rings. The predicted molar refractivity (Wildman–Crippen MR) is 75.2 cm³/mol. The molecule has 0 aliphatic heterocycles. The number of nitrogens with two attached hydrogens (primary N) is 1. The molecule has 1 aromatic carbocycles. The Kier molecular flexibility index (Phi) is 5.72. The van der Waals surface area contributed by atoms with Gasteiger partial charge in [-0.25, -0.2) is 0 Å². The smallest absolute Gasteiger partial charge is 0.250 e. The summed E-state index contributed by atoms with van der Waals surface area (Å²) in [5.74, 6) is 0.0747. The van der Waals surface area contributed by atoms with Gasteiger partial charge in [-0.1, -0.05) is 37.0 Å². The van der Waals surface area contributed by atoms with E-state index in [1.54, 1.807) is 0 Å². The normalized spacial score (nSPS) is 10.7. The van der Waals surface area contributed by atoms with E-state index >= 15 is 0 Å². The third-order valence-electron chi connectivity index (χ3n) is 2.01. The zero-order valence-corrected chi connectivity index (χ0v) is 11.8. The molecule has 0 aliphatic rings. The molecule has 0 bridgehead atoms. The van der Waals surface area contributed by atoms with E-state index in [0.717, 1.165) is 0 Å². The summed E-state index contributed by atoms with van der Waals surface area (Å²) < 4.78 is 5.21. The number of halogens is 2. The molecule has 0 heterocycles. The van der Waals surface area contributed by atoms with Crippen LogP contribution in [-0.4, -0.2) is 19.1 Å². The van der Waals surface area contributed by atoms with Crippen molar-refractivity contribution in [1.29, 1.82) is 0 Å². The van der Waals surface area contributed by atoms with Crippen LogP contribution in [0.15, 0.2) is 12.1 Å². The van der Waals surface area contributed by atoms with Crippen LogP contribution in [0.4, 0.5) is 11.4 Å². The second-order valence-corrected chi connectivity index (χ2v) is 5.13. The molecule has 0 saturated heterocycles. The SMILES string of the molecule is CC(C)COCC(=O)Nc1c(Cl)cc(N)cc1Cl.